The van der Waals surface area contributed by atoms with Crippen LogP contribution < -0.4 is 0 Å². The third kappa shape index (κ3) is 7.98. The summed E-state index contributed by atoms with van der Waals surface area (Å²) in [4.78, 5) is 49.7. The normalized spacial score (nSPS) is 10.9. The number of methoxy groups -OCH3 is 2. The summed E-state index contributed by atoms with van der Waals surface area (Å²) in [6.45, 7) is -0.316. The number of hydrogen-bond donors (Lipinski definition) is 0. The summed E-state index contributed by atoms with van der Waals surface area (Å²) < 4.78 is 19.6. The highest BCUT2D eigenvalue weighted by Crippen LogP contribution is 2.15. The molecule has 2 aromatic carbocycles. The molecule has 2 amide bonds. The highest BCUT2D eigenvalue weighted by atomic mass is 16.6. The maximum absolute atomic E-state index is 12.8. The highest BCUT2D eigenvalue weighted by molar-refractivity contribution is 6.01. The number of amides is 2. The largest absolute Gasteiger partial charge is 0.466 e. The number of carbonyl (C=O) groups excluding carboxylic acids is 4. The molecule has 2 rings (SSSR count). The molecule has 0 saturated carbocycles. The van der Waals surface area contributed by atoms with E-state index in [-0.39, 0.29) is 13.2 Å². The molecular formula is C24H23NO8. The number of rotatable bonds is 8. The SMILES string of the molecule is COC(=O)C=CC=C(C(=O)OC)N(C(=O)OCc1ccccc1)C(=O)OCc1ccccc1. The molecule has 0 saturated heterocycles. The molecule has 0 aliphatic carbocycles. The summed E-state index contributed by atoms with van der Waals surface area (Å²) in [6, 6.07) is 17.5. The van der Waals surface area contributed by atoms with Gasteiger partial charge in [0, 0.05) is 6.08 Å². The van der Waals surface area contributed by atoms with Crippen molar-refractivity contribution in [2.45, 2.75) is 13.2 Å². The number of imide groups is 1. The molecular weight excluding hydrogens is 430 g/mol. The molecule has 0 aliphatic rings. The zero-order chi connectivity index (χ0) is 24.1. The number of benzene rings is 2. The minimum Gasteiger partial charge on any atom is -0.466 e. The van der Waals surface area contributed by atoms with Crippen molar-refractivity contribution in [3.63, 3.8) is 0 Å². The standard InChI is InChI=1S/C24H23NO8/c1-30-21(26)15-9-14-20(22(27)31-2)25(23(28)32-16-18-10-5-3-6-11-18)24(29)33-17-19-12-7-4-8-13-19/h3-15H,16-17H2,1-2H3. The molecule has 0 spiro atoms. The quantitative estimate of drug-likeness (QED) is 0.257. The van der Waals surface area contributed by atoms with Crippen molar-refractivity contribution in [2.24, 2.45) is 0 Å². The molecule has 0 atom stereocenters. The molecule has 0 aromatic heterocycles. The molecule has 0 heterocycles. The van der Waals surface area contributed by atoms with Gasteiger partial charge in [-0.3, -0.25) is 0 Å². The first-order chi connectivity index (χ1) is 16.0. The van der Waals surface area contributed by atoms with Crippen LogP contribution in [0.15, 0.2) is 84.6 Å². The van der Waals surface area contributed by atoms with Crippen LogP contribution in [0.3, 0.4) is 0 Å². The molecule has 172 valence electrons. The van der Waals surface area contributed by atoms with Crippen LogP contribution in [-0.4, -0.2) is 43.2 Å². The van der Waals surface area contributed by atoms with Gasteiger partial charge in [0.05, 0.1) is 14.2 Å². The van der Waals surface area contributed by atoms with Crippen LogP contribution >= 0.6 is 0 Å². The third-order valence-corrected chi connectivity index (χ3v) is 4.10. The maximum Gasteiger partial charge on any atom is 0.424 e. The van der Waals surface area contributed by atoms with E-state index >= 15 is 0 Å². The minimum atomic E-state index is -1.17. The Bertz CT molecular complexity index is 960. The molecule has 0 aliphatic heterocycles. The number of allylic oxidation sites excluding steroid dienone is 2. The van der Waals surface area contributed by atoms with Crippen LogP contribution in [0, 0.1) is 0 Å². The van der Waals surface area contributed by atoms with E-state index in [9.17, 15) is 19.2 Å². The summed E-state index contributed by atoms with van der Waals surface area (Å²) >= 11 is 0. The lowest BCUT2D eigenvalue weighted by Crippen LogP contribution is -2.40. The van der Waals surface area contributed by atoms with Crippen LogP contribution in [0.5, 0.6) is 0 Å². The van der Waals surface area contributed by atoms with Gasteiger partial charge >= 0.3 is 24.1 Å². The van der Waals surface area contributed by atoms with Gasteiger partial charge < -0.3 is 18.9 Å². The van der Waals surface area contributed by atoms with Crippen molar-refractivity contribution >= 4 is 24.1 Å². The summed E-state index contributed by atoms with van der Waals surface area (Å²) in [5, 5.41) is 0. The zero-order valence-electron chi connectivity index (χ0n) is 18.1. The van der Waals surface area contributed by atoms with Crippen molar-refractivity contribution < 1.29 is 38.1 Å². The van der Waals surface area contributed by atoms with Crippen molar-refractivity contribution in [1.82, 2.24) is 4.90 Å². The summed E-state index contributed by atoms with van der Waals surface area (Å²) in [6.07, 6.45) is 0.822. The Morgan fingerprint density at radius 1 is 0.758 bits per heavy atom. The van der Waals surface area contributed by atoms with E-state index in [0.29, 0.717) is 16.0 Å². The number of nitrogens with zero attached hydrogens (tertiary/aromatic N) is 1. The lowest BCUT2D eigenvalue weighted by atomic mass is 10.2. The van der Waals surface area contributed by atoms with E-state index in [0.717, 1.165) is 25.3 Å². The molecule has 33 heavy (non-hydrogen) atoms. The number of hydrogen-bond acceptors (Lipinski definition) is 8. The summed E-state index contributed by atoms with van der Waals surface area (Å²) in [5.41, 5.74) is 0.809. The fraction of sp³-hybridized carbons (Fsp3) is 0.167. The Morgan fingerprint density at radius 2 is 1.24 bits per heavy atom. The minimum absolute atomic E-state index is 0.158. The Hall–Kier alpha value is -4.40. The van der Waals surface area contributed by atoms with Crippen molar-refractivity contribution in [1.29, 1.82) is 0 Å². The van der Waals surface area contributed by atoms with E-state index in [4.69, 9.17) is 9.47 Å². The van der Waals surface area contributed by atoms with E-state index in [1.54, 1.807) is 60.7 Å². The topological polar surface area (TPSA) is 108 Å². The fourth-order valence-electron chi connectivity index (χ4n) is 2.46. The molecule has 9 nitrogen and oxygen atoms in total. The maximum atomic E-state index is 12.8. The molecule has 9 heteroatoms. The number of ether oxygens (including phenoxy) is 4. The first kappa shape index (κ1) is 24.9. The molecule has 0 N–H and O–H groups in total. The lowest BCUT2D eigenvalue weighted by Gasteiger charge is -2.21. The summed E-state index contributed by atoms with van der Waals surface area (Å²) in [7, 11) is 2.24. The van der Waals surface area contributed by atoms with Gasteiger partial charge in [-0.1, -0.05) is 66.7 Å². The third-order valence-electron chi connectivity index (χ3n) is 4.10. The monoisotopic (exact) mass is 453 g/mol. The van der Waals surface area contributed by atoms with Crippen LogP contribution in [0.1, 0.15) is 11.1 Å². The zero-order valence-corrected chi connectivity index (χ0v) is 18.1. The van der Waals surface area contributed by atoms with Crippen molar-refractivity contribution in [3.8, 4) is 0 Å². The Balaban J connectivity index is 2.30. The molecule has 0 bridgehead atoms. The Morgan fingerprint density at radius 3 is 1.67 bits per heavy atom. The van der Waals surface area contributed by atoms with E-state index in [1.807, 2.05) is 0 Å². The van der Waals surface area contributed by atoms with Gasteiger partial charge in [-0.2, -0.15) is 4.90 Å². The van der Waals surface area contributed by atoms with Gasteiger partial charge in [0.1, 0.15) is 18.9 Å². The average Bonchev–Trinajstić information content (AvgIpc) is 2.86. The predicted molar refractivity (Wildman–Crippen MR) is 116 cm³/mol. The van der Waals surface area contributed by atoms with Crippen LogP contribution in [0.4, 0.5) is 9.59 Å². The predicted octanol–water partition coefficient (Wildman–Crippen LogP) is 3.75. The number of carbonyl (C=O) groups is 4. The van der Waals surface area contributed by atoms with Crippen LogP contribution in [0.25, 0.3) is 0 Å². The van der Waals surface area contributed by atoms with Crippen LogP contribution in [0.2, 0.25) is 0 Å². The van der Waals surface area contributed by atoms with Gasteiger partial charge in [-0.25, -0.2) is 19.2 Å². The lowest BCUT2D eigenvalue weighted by molar-refractivity contribution is -0.138. The first-order valence-electron chi connectivity index (χ1n) is 9.72. The highest BCUT2D eigenvalue weighted by Gasteiger charge is 2.33. The smallest absolute Gasteiger partial charge is 0.424 e. The second-order valence-electron chi connectivity index (χ2n) is 6.34. The van der Waals surface area contributed by atoms with Crippen molar-refractivity contribution in [2.75, 3.05) is 14.2 Å². The molecule has 0 unspecified atom stereocenters. The van der Waals surface area contributed by atoms with Gasteiger partial charge in [0.15, 0.2) is 0 Å². The second kappa shape index (κ2) is 13.1. The number of esters is 2. The molecule has 2 aromatic rings. The molecule has 0 radical (unpaired) electrons. The van der Waals surface area contributed by atoms with Gasteiger partial charge in [-0.15, -0.1) is 0 Å². The van der Waals surface area contributed by atoms with Gasteiger partial charge in [0.25, 0.3) is 0 Å². The first-order valence-corrected chi connectivity index (χ1v) is 9.72. The van der Waals surface area contributed by atoms with E-state index in [1.165, 1.54) is 7.11 Å². The van der Waals surface area contributed by atoms with E-state index in [2.05, 4.69) is 9.47 Å². The van der Waals surface area contributed by atoms with Crippen molar-refractivity contribution in [3.05, 3.63) is 95.7 Å². The fourth-order valence-corrected chi connectivity index (χ4v) is 2.46. The van der Waals surface area contributed by atoms with E-state index < -0.39 is 29.8 Å². The van der Waals surface area contributed by atoms with Gasteiger partial charge in [-0.05, 0) is 17.2 Å². The Labute approximate surface area is 190 Å². The molecule has 0 fully saturated rings. The van der Waals surface area contributed by atoms with Gasteiger partial charge in [0.2, 0.25) is 0 Å². The van der Waals surface area contributed by atoms with Crippen LogP contribution in [-0.2, 0) is 41.8 Å². The Kier molecular flexibility index (Phi) is 9.88. The second-order valence-corrected chi connectivity index (χ2v) is 6.34. The summed E-state index contributed by atoms with van der Waals surface area (Å²) in [5.74, 6) is -1.74. The average molecular weight is 453 g/mol.